The van der Waals surface area contributed by atoms with Gasteiger partial charge in [-0.3, -0.25) is 10.1 Å². The number of hydrogen-bond acceptors (Lipinski definition) is 3. The van der Waals surface area contributed by atoms with Crippen LogP contribution in [0.15, 0.2) is 0 Å². The first kappa shape index (κ1) is 14.8. The highest BCUT2D eigenvalue weighted by atomic mass is 16.4. The summed E-state index contributed by atoms with van der Waals surface area (Å²) in [7, 11) is 0. The summed E-state index contributed by atoms with van der Waals surface area (Å²) in [5.41, 5.74) is -0.690. The second kappa shape index (κ2) is 6.23. The maximum Gasteiger partial charge on any atom is 0.325 e. The van der Waals surface area contributed by atoms with Crippen LogP contribution in [0, 0.1) is 5.92 Å². The number of unbranched alkanes of at least 4 members (excludes halogenated alkanes) is 1. The molecule has 0 radical (unpaired) electrons. The Kier molecular flexibility index (Phi) is 4.85. The average molecular weight is 268 g/mol. The maximum atomic E-state index is 11.9. The van der Waals surface area contributed by atoms with Gasteiger partial charge in [-0.2, -0.15) is 0 Å². The standard InChI is InChI=1S/C15H28N2O2/c1-3-5-10-17(4-2)11-15(14(18)19,12-6-7-12)16-13-8-9-13/h12-13,16H,3-11H2,1-2H3,(H,18,19). The Hall–Kier alpha value is -0.610. The van der Waals surface area contributed by atoms with Crippen molar-refractivity contribution in [2.24, 2.45) is 5.92 Å². The lowest BCUT2D eigenvalue weighted by molar-refractivity contribution is -0.147. The van der Waals surface area contributed by atoms with E-state index in [0.29, 0.717) is 18.5 Å². The van der Waals surface area contributed by atoms with Gasteiger partial charge in [0.15, 0.2) is 0 Å². The average Bonchev–Trinajstić information content (AvgIpc) is 3.25. The van der Waals surface area contributed by atoms with Gasteiger partial charge in [-0.1, -0.05) is 20.3 Å². The zero-order chi connectivity index (χ0) is 13.9. The van der Waals surface area contributed by atoms with E-state index < -0.39 is 11.5 Å². The summed E-state index contributed by atoms with van der Waals surface area (Å²) in [5, 5.41) is 13.3. The molecule has 2 aliphatic rings. The van der Waals surface area contributed by atoms with Crippen LogP contribution in [-0.4, -0.2) is 47.2 Å². The summed E-state index contributed by atoms with van der Waals surface area (Å²) in [5.74, 6) is -0.307. The van der Waals surface area contributed by atoms with Crippen LogP contribution < -0.4 is 5.32 Å². The molecule has 19 heavy (non-hydrogen) atoms. The third-order valence-corrected chi connectivity index (χ3v) is 4.44. The van der Waals surface area contributed by atoms with Gasteiger partial charge in [0.2, 0.25) is 0 Å². The molecule has 2 aliphatic carbocycles. The number of nitrogens with zero attached hydrogens (tertiary/aromatic N) is 1. The lowest BCUT2D eigenvalue weighted by Gasteiger charge is -2.36. The second-order valence-corrected chi connectivity index (χ2v) is 6.19. The topological polar surface area (TPSA) is 52.6 Å². The first-order chi connectivity index (χ1) is 9.12. The molecule has 2 saturated carbocycles. The fraction of sp³-hybridized carbons (Fsp3) is 0.933. The molecular formula is C15H28N2O2. The van der Waals surface area contributed by atoms with E-state index in [-0.39, 0.29) is 0 Å². The first-order valence-electron chi connectivity index (χ1n) is 7.85. The molecule has 2 rings (SSSR count). The highest BCUT2D eigenvalue weighted by Gasteiger charge is 2.53. The van der Waals surface area contributed by atoms with Crippen molar-refractivity contribution in [2.45, 2.75) is 64.0 Å². The fourth-order valence-corrected chi connectivity index (χ4v) is 2.85. The highest BCUT2D eigenvalue weighted by Crippen LogP contribution is 2.42. The molecule has 2 N–H and O–H groups in total. The van der Waals surface area contributed by atoms with Crippen LogP contribution >= 0.6 is 0 Å². The van der Waals surface area contributed by atoms with E-state index in [9.17, 15) is 9.90 Å². The molecule has 0 aromatic rings. The van der Waals surface area contributed by atoms with Gasteiger partial charge in [0, 0.05) is 12.6 Å². The minimum Gasteiger partial charge on any atom is -0.480 e. The molecule has 1 atom stereocenters. The van der Waals surface area contributed by atoms with Gasteiger partial charge in [-0.25, -0.2) is 0 Å². The Labute approximate surface area is 116 Å². The smallest absolute Gasteiger partial charge is 0.325 e. The number of rotatable bonds is 10. The van der Waals surface area contributed by atoms with Crippen molar-refractivity contribution in [1.82, 2.24) is 10.2 Å². The van der Waals surface area contributed by atoms with E-state index in [4.69, 9.17) is 0 Å². The summed E-state index contributed by atoms with van der Waals surface area (Å²) in [6.07, 6.45) is 6.73. The minimum atomic E-state index is -0.690. The van der Waals surface area contributed by atoms with Crippen molar-refractivity contribution < 1.29 is 9.90 Å². The van der Waals surface area contributed by atoms with E-state index >= 15 is 0 Å². The van der Waals surface area contributed by atoms with Gasteiger partial charge in [-0.15, -0.1) is 0 Å². The van der Waals surface area contributed by atoms with Crippen LogP contribution in [-0.2, 0) is 4.79 Å². The summed E-state index contributed by atoms with van der Waals surface area (Å²) in [6.45, 7) is 6.93. The van der Waals surface area contributed by atoms with Crippen LogP contribution in [0.5, 0.6) is 0 Å². The molecule has 0 amide bonds. The summed E-state index contributed by atoms with van der Waals surface area (Å²) in [4.78, 5) is 14.2. The largest absolute Gasteiger partial charge is 0.480 e. The Morgan fingerprint density at radius 2 is 2.00 bits per heavy atom. The molecular weight excluding hydrogens is 240 g/mol. The van der Waals surface area contributed by atoms with E-state index in [1.165, 1.54) is 0 Å². The molecule has 1 unspecified atom stereocenters. The number of carbonyl (C=O) groups is 1. The number of aliphatic carboxylic acids is 1. The number of carboxylic acids is 1. The van der Waals surface area contributed by atoms with Crippen molar-refractivity contribution in [2.75, 3.05) is 19.6 Å². The van der Waals surface area contributed by atoms with Crippen LogP contribution in [0.1, 0.15) is 52.4 Å². The third kappa shape index (κ3) is 3.69. The minimum absolute atomic E-state index is 0.335. The van der Waals surface area contributed by atoms with Gasteiger partial charge >= 0.3 is 5.97 Å². The molecule has 0 aromatic carbocycles. The van der Waals surface area contributed by atoms with Crippen LogP contribution in [0.4, 0.5) is 0 Å². The predicted molar refractivity (Wildman–Crippen MR) is 76.3 cm³/mol. The quantitative estimate of drug-likeness (QED) is 0.637. The Morgan fingerprint density at radius 1 is 1.32 bits per heavy atom. The van der Waals surface area contributed by atoms with Gasteiger partial charge in [0.25, 0.3) is 0 Å². The van der Waals surface area contributed by atoms with Crippen molar-refractivity contribution in [3.8, 4) is 0 Å². The van der Waals surface area contributed by atoms with Gasteiger partial charge in [0.1, 0.15) is 5.54 Å². The van der Waals surface area contributed by atoms with Gasteiger partial charge in [-0.05, 0) is 51.1 Å². The molecule has 0 saturated heterocycles. The number of nitrogens with one attached hydrogen (secondary N) is 1. The number of likely N-dealkylation sites (N-methyl/N-ethyl adjacent to an activating group) is 1. The molecule has 0 bridgehead atoms. The summed E-state index contributed by atoms with van der Waals surface area (Å²) >= 11 is 0. The first-order valence-corrected chi connectivity index (χ1v) is 7.85. The van der Waals surface area contributed by atoms with Crippen LogP contribution in [0.25, 0.3) is 0 Å². The molecule has 0 aromatic heterocycles. The lowest BCUT2D eigenvalue weighted by atomic mass is 9.91. The molecule has 110 valence electrons. The van der Waals surface area contributed by atoms with Gasteiger partial charge < -0.3 is 10.0 Å². The SMILES string of the molecule is CCCCN(CC)CC(NC1CC1)(C(=O)O)C1CC1. The van der Waals surface area contributed by atoms with Gasteiger partial charge in [0.05, 0.1) is 0 Å². The van der Waals surface area contributed by atoms with Crippen molar-refractivity contribution in [3.63, 3.8) is 0 Å². The zero-order valence-electron chi connectivity index (χ0n) is 12.3. The Morgan fingerprint density at radius 3 is 2.42 bits per heavy atom. The van der Waals surface area contributed by atoms with Crippen LogP contribution in [0.2, 0.25) is 0 Å². The molecule has 2 fully saturated rings. The van der Waals surface area contributed by atoms with E-state index in [2.05, 4.69) is 24.1 Å². The van der Waals surface area contributed by atoms with Crippen molar-refractivity contribution in [1.29, 1.82) is 0 Å². The molecule has 4 nitrogen and oxygen atoms in total. The Bertz CT molecular complexity index is 313. The molecule has 0 aliphatic heterocycles. The Balaban J connectivity index is 2.04. The normalized spacial score (nSPS) is 22.5. The molecule has 0 heterocycles. The maximum absolute atomic E-state index is 11.9. The summed E-state index contributed by atoms with van der Waals surface area (Å²) < 4.78 is 0. The van der Waals surface area contributed by atoms with Crippen molar-refractivity contribution >= 4 is 5.97 Å². The van der Waals surface area contributed by atoms with E-state index in [1.54, 1.807) is 0 Å². The molecule has 0 spiro atoms. The monoisotopic (exact) mass is 268 g/mol. The van der Waals surface area contributed by atoms with Crippen LogP contribution in [0.3, 0.4) is 0 Å². The number of hydrogen-bond donors (Lipinski definition) is 2. The highest BCUT2D eigenvalue weighted by molar-refractivity contribution is 5.80. The van der Waals surface area contributed by atoms with E-state index in [0.717, 1.165) is 51.6 Å². The zero-order valence-corrected chi connectivity index (χ0v) is 12.3. The number of carboxylic acid groups (broad SMARTS) is 1. The third-order valence-electron chi connectivity index (χ3n) is 4.44. The fourth-order valence-electron chi connectivity index (χ4n) is 2.85. The van der Waals surface area contributed by atoms with E-state index in [1.807, 2.05) is 0 Å². The summed E-state index contributed by atoms with van der Waals surface area (Å²) in [6, 6.07) is 0.446. The lowest BCUT2D eigenvalue weighted by Crippen LogP contribution is -2.61. The molecule has 4 heteroatoms. The predicted octanol–water partition coefficient (Wildman–Crippen LogP) is 2.09. The second-order valence-electron chi connectivity index (χ2n) is 6.19. The van der Waals surface area contributed by atoms with Crippen molar-refractivity contribution in [3.05, 3.63) is 0 Å².